The Bertz CT molecular complexity index is 191. The van der Waals surface area contributed by atoms with E-state index in [1.54, 1.807) is 6.92 Å². The Morgan fingerprint density at radius 3 is 2.31 bits per heavy atom. The quantitative estimate of drug-likeness (QED) is 0.622. The zero-order valence-corrected chi connectivity index (χ0v) is 7.86. The van der Waals surface area contributed by atoms with Crippen LogP contribution in [0.5, 0.6) is 0 Å². The molecule has 5 nitrogen and oxygen atoms in total. The maximum Gasteiger partial charge on any atom is 0.303 e. The Morgan fingerprint density at radius 1 is 1.38 bits per heavy atom. The molecule has 0 saturated carbocycles. The maximum absolute atomic E-state index is 11.1. The van der Waals surface area contributed by atoms with Crippen molar-refractivity contribution in [1.29, 1.82) is 0 Å². The lowest BCUT2D eigenvalue weighted by atomic mass is 10.2. The molecule has 0 aliphatic rings. The van der Waals surface area contributed by atoms with Gasteiger partial charge in [0, 0.05) is 20.0 Å². The van der Waals surface area contributed by atoms with E-state index in [9.17, 15) is 9.59 Å². The lowest BCUT2D eigenvalue weighted by Crippen LogP contribution is -2.33. The predicted molar refractivity (Wildman–Crippen MR) is 46.2 cm³/mol. The fraction of sp³-hybridized carbons (Fsp3) is 0.750. The smallest absolute Gasteiger partial charge is 0.303 e. The number of carbonyl (C=O) groups excluding carboxylic acids is 1. The number of hydrogen-bond acceptors (Lipinski definition) is 3. The van der Waals surface area contributed by atoms with Gasteiger partial charge in [0.25, 0.3) is 0 Å². The molecular formula is C8H15NO4. The zero-order valence-electron chi connectivity index (χ0n) is 7.86. The van der Waals surface area contributed by atoms with Crippen molar-refractivity contribution in [2.45, 2.75) is 25.9 Å². The molecule has 0 heterocycles. The lowest BCUT2D eigenvalue weighted by molar-refractivity contribution is -0.140. The number of carboxylic acids is 1. The standard InChI is InChI=1S/C8H15NO4/c1-6(10)5-9(2)7(11)3-4-8(12)13/h6,10H,3-5H2,1-2H3,(H,12,13). The number of aliphatic hydroxyl groups is 1. The van der Waals surface area contributed by atoms with Crippen LogP contribution >= 0.6 is 0 Å². The molecule has 1 amide bonds. The van der Waals surface area contributed by atoms with Gasteiger partial charge in [-0.05, 0) is 6.92 Å². The Hall–Kier alpha value is -1.10. The van der Waals surface area contributed by atoms with Gasteiger partial charge in [-0.25, -0.2) is 0 Å². The molecule has 5 heteroatoms. The Morgan fingerprint density at radius 2 is 1.92 bits per heavy atom. The molecule has 13 heavy (non-hydrogen) atoms. The summed E-state index contributed by atoms with van der Waals surface area (Å²) in [6, 6.07) is 0. The summed E-state index contributed by atoms with van der Waals surface area (Å²) in [7, 11) is 1.54. The summed E-state index contributed by atoms with van der Waals surface area (Å²) < 4.78 is 0. The summed E-state index contributed by atoms with van der Waals surface area (Å²) in [4.78, 5) is 22.6. The van der Waals surface area contributed by atoms with Gasteiger partial charge in [-0.1, -0.05) is 0 Å². The Labute approximate surface area is 77.0 Å². The molecule has 1 atom stereocenters. The third-order valence-corrected chi connectivity index (χ3v) is 1.52. The van der Waals surface area contributed by atoms with E-state index >= 15 is 0 Å². The fourth-order valence-corrected chi connectivity index (χ4v) is 0.903. The second kappa shape index (κ2) is 5.53. The van der Waals surface area contributed by atoms with Crippen LogP contribution in [0.1, 0.15) is 19.8 Å². The van der Waals surface area contributed by atoms with Crippen molar-refractivity contribution in [3.05, 3.63) is 0 Å². The van der Waals surface area contributed by atoms with E-state index in [0.717, 1.165) is 0 Å². The van der Waals surface area contributed by atoms with E-state index < -0.39 is 12.1 Å². The van der Waals surface area contributed by atoms with Crippen LogP contribution in [-0.2, 0) is 9.59 Å². The minimum atomic E-state index is -0.987. The van der Waals surface area contributed by atoms with Gasteiger partial charge in [0.05, 0.1) is 12.5 Å². The van der Waals surface area contributed by atoms with Gasteiger partial charge < -0.3 is 15.1 Å². The second-order valence-corrected chi connectivity index (χ2v) is 3.02. The largest absolute Gasteiger partial charge is 0.481 e. The Kier molecular flexibility index (Phi) is 5.06. The first-order chi connectivity index (χ1) is 5.93. The van der Waals surface area contributed by atoms with Crippen molar-refractivity contribution < 1.29 is 19.8 Å². The first-order valence-corrected chi connectivity index (χ1v) is 4.07. The SMILES string of the molecule is CC(O)CN(C)C(=O)CCC(=O)O. The predicted octanol–water partition coefficient (Wildman–Crippen LogP) is -0.310. The van der Waals surface area contributed by atoms with Crippen LogP contribution in [0.15, 0.2) is 0 Å². The van der Waals surface area contributed by atoms with Crippen LogP contribution in [-0.4, -0.2) is 46.7 Å². The van der Waals surface area contributed by atoms with E-state index in [0.29, 0.717) is 0 Å². The van der Waals surface area contributed by atoms with Crippen LogP contribution in [0, 0.1) is 0 Å². The lowest BCUT2D eigenvalue weighted by Gasteiger charge is -2.18. The van der Waals surface area contributed by atoms with Gasteiger partial charge in [-0.15, -0.1) is 0 Å². The summed E-state index contributed by atoms with van der Waals surface area (Å²) in [5, 5.41) is 17.2. The molecule has 0 aliphatic carbocycles. The fourth-order valence-electron chi connectivity index (χ4n) is 0.903. The van der Waals surface area contributed by atoms with Crippen LogP contribution in [0.3, 0.4) is 0 Å². The number of carbonyl (C=O) groups is 2. The van der Waals surface area contributed by atoms with Crippen LogP contribution < -0.4 is 0 Å². The highest BCUT2D eigenvalue weighted by Gasteiger charge is 2.11. The molecule has 0 radical (unpaired) electrons. The number of carboxylic acid groups (broad SMARTS) is 1. The van der Waals surface area contributed by atoms with E-state index in [2.05, 4.69) is 0 Å². The molecule has 0 aromatic carbocycles. The summed E-state index contributed by atoms with van der Waals surface area (Å²) >= 11 is 0. The van der Waals surface area contributed by atoms with E-state index in [4.69, 9.17) is 10.2 Å². The van der Waals surface area contributed by atoms with Crippen molar-refractivity contribution in [2.24, 2.45) is 0 Å². The van der Waals surface area contributed by atoms with Crippen molar-refractivity contribution in [2.75, 3.05) is 13.6 Å². The highest BCUT2D eigenvalue weighted by atomic mass is 16.4. The molecule has 0 saturated heterocycles. The molecule has 0 aromatic heterocycles. The van der Waals surface area contributed by atoms with Gasteiger partial charge in [-0.3, -0.25) is 9.59 Å². The van der Waals surface area contributed by atoms with Crippen LogP contribution in [0.2, 0.25) is 0 Å². The topological polar surface area (TPSA) is 77.8 Å². The van der Waals surface area contributed by atoms with Gasteiger partial charge in [0.1, 0.15) is 0 Å². The number of aliphatic carboxylic acids is 1. The molecule has 1 unspecified atom stereocenters. The summed E-state index contributed by atoms with van der Waals surface area (Å²) in [5.41, 5.74) is 0. The molecule has 0 aliphatic heterocycles. The number of nitrogens with zero attached hydrogens (tertiary/aromatic N) is 1. The average Bonchev–Trinajstić information content (AvgIpc) is 1.98. The number of likely N-dealkylation sites (N-methyl/N-ethyl adjacent to an activating group) is 1. The summed E-state index contributed by atoms with van der Waals surface area (Å²) in [6.07, 6.45) is -0.763. The highest BCUT2D eigenvalue weighted by molar-refractivity contribution is 5.80. The van der Waals surface area contributed by atoms with Crippen LogP contribution in [0.25, 0.3) is 0 Å². The van der Waals surface area contributed by atoms with E-state index in [-0.39, 0.29) is 25.3 Å². The van der Waals surface area contributed by atoms with Crippen molar-refractivity contribution in [1.82, 2.24) is 4.90 Å². The molecule has 76 valence electrons. The van der Waals surface area contributed by atoms with E-state index in [1.165, 1.54) is 11.9 Å². The zero-order chi connectivity index (χ0) is 10.4. The minimum Gasteiger partial charge on any atom is -0.481 e. The van der Waals surface area contributed by atoms with Crippen LogP contribution in [0.4, 0.5) is 0 Å². The molecule has 2 N–H and O–H groups in total. The average molecular weight is 189 g/mol. The number of aliphatic hydroxyl groups excluding tert-OH is 1. The van der Waals surface area contributed by atoms with Gasteiger partial charge in [0.15, 0.2) is 0 Å². The molecule has 0 spiro atoms. The van der Waals surface area contributed by atoms with Crippen molar-refractivity contribution >= 4 is 11.9 Å². The first kappa shape index (κ1) is 11.9. The Balaban J connectivity index is 3.76. The van der Waals surface area contributed by atoms with Gasteiger partial charge >= 0.3 is 5.97 Å². The van der Waals surface area contributed by atoms with Gasteiger partial charge in [0.2, 0.25) is 5.91 Å². The molecular weight excluding hydrogens is 174 g/mol. The maximum atomic E-state index is 11.1. The monoisotopic (exact) mass is 189 g/mol. The number of amides is 1. The third-order valence-electron chi connectivity index (χ3n) is 1.52. The molecule has 0 aromatic rings. The normalized spacial score (nSPS) is 12.2. The van der Waals surface area contributed by atoms with Crippen molar-refractivity contribution in [3.63, 3.8) is 0 Å². The van der Waals surface area contributed by atoms with Crippen molar-refractivity contribution in [3.8, 4) is 0 Å². The first-order valence-electron chi connectivity index (χ1n) is 4.07. The number of rotatable bonds is 5. The molecule has 0 fully saturated rings. The number of hydrogen-bond donors (Lipinski definition) is 2. The second-order valence-electron chi connectivity index (χ2n) is 3.02. The highest BCUT2D eigenvalue weighted by Crippen LogP contribution is 1.96. The molecule has 0 rings (SSSR count). The third kappa shape index (κ3) is 6.10. The summed E-state index contributed by atoms with van der Waals surface area (Å²) in [6.45, 7) is 1.80. The van der Waals surface area contributed by atoms with E-state index in [1.807, 2.05) is 0 Å². The molecule has 0 bridgehead atoms. The summed E-state index contributed by atoms with van der Waals surface area (Å²) in [5.74, 6) is -1.25. The minimum absolute atomic E-state index is 0.0153. The van der Waals surface area contributed by atoms with Gasteiger partial charge in [-0.2, -0.15) is 0 Å².